The summed E-state index contributed by atoms with van der Waals surface area (Å²) in [5.74, 6) is 1.55. The highest BCUT2D eigenvalue weighted by atomic mass is 16.3. The number of anilines is 1. The van der Waals surface area contributed by atoms with Crippen LogP contribution in [0, 0.1) is 13.8 Å². The zero-order chi connectivity index (χ0) is 13.3. The highest BCUT2D eigenvalue weighted by Crippen LogP contribution is 2.17. The topological polar surface area (TPSA) is 86.1 Å². The summed E-state index contributed by atoms with van der Waals surface area (Å²) in [7, 11) is 1.78. The number of hydrogen-bond donors (Lipinski definition) is 2. The maximum atomic E-state index is 12.1. The number of aromatic nitrogens is 2. The molecule has 0 aromatic carbocycles. The first-order chi connectivity index (χ1) is 8.51. The molecular weight excluding hydrogens is 232 g/mol. The molecule has 0 spiro atoms. The van der Waals surface area contributed by atoms with Gasteiger partial charge < -0.3 is 15.5 Å². The molecule has 6 nitrogen and oxygen atoms in total. The normalized spacial score (nSPS) is 10.7. The molecule has 0 aliphatic carbocycles. The summed E-state index contributed by atoms with van der Waals surface area (Å²) in [6.07, 6.45) is 1.78. The van der Waals surface area contributed by atoms with E-state index in [1.54, 1.807) is 37.8 Å². The van der Waals surface area contributed by atoms with E-state index < -0.39 is 0 Å². The van der Waals surface area contributed by atoms with Gasteiger partial charge in [0.1, 0.15) is 11.5 Å². The molecule has 0 aliphatic rings. The third-order valence-electron chi connectivity index (χ3n) is 2.64. The average Bonchev–Trinajstić information content (AvgIpc) is 2.81. The molecule has 0 fully saturated rings. The van der Waals surface area contributed by atoms with Gasteiger partial charge in [-0.25, -0.2) is 0 Å². The van der Waals surface area contributed by atoms with Crippen molar-refractivity contribution in [2.45, 2.75) is 20.4 Å². The lowest BCUT2D eigenvalue weighted by atomic mass is 10.2. The predicted molar refractivity (Wildman–Crippen MR) is 67.2 cm³/mol. The summed E-state index contributed by atoms with van der Waals surface area (Å²) in [6.45, 7) is 3.88. The van der Waals surface area contributed by atoms with Gasteiger partial charge in [-0.15, -0.1) is 0 Å². The molecule has 1 amide bonds. The Labute approximate surface area is 105 Å². The number of amides is 1. The van der Waals surface area contributed by atoms with Crippen LogP contribution in [-0.4, -0.2) is 15.7 Å². The number of carbonyl (C=O) groups is 1. The average molecular weight is 248 g/mol. The Morgan fingerprint density at radius 1 is 1.56 bits per heavy atom. The minimum Gasteiger partial charge on any atom is -0.466 e. The summed E-state index contributed by atoms with van der Waals surface area (Å²) >= 11 is 0. The van der Waals surface area contributed by atoms with Gasteiger partial charge >= 0.3 is 0 Å². The van der Waals surface area contributed by atoms with Gasteiger partial charge in [-0.05, 0) is 19.9 Å². The van der Waals surface area contributed by atoms with Crippen molar-refractivity contribution < 1.29 is 9.21 Å². The second kappa shape index (κ2) is 4.66. The molecule has 0 saturated carbocycles. The van der Waals surface area contributed by atoms with Crippen molar-refractivity contribution in [3.8, 4) is 0 Å². The molecule has 6 heteroatoms. The molecule has 2 heterocycles. The van der Waals surface area contributed by atoms with E-state index in [4.69, 9.17) is 10.2 Å². The van der Waals surface area contributed by atoms with Crippen molar-refractivity contribution in [2.75, 3.05) is 5.32 Å². The lowest BCUT2D eigenvalue weighted by Gasteiger charge is -2.02. The van der Waals surface area contributed by atoms with E-state index in [0.717, 1.165) is 5.56 Å². The van der Waals surface area contributed by atoms with Gasteiger partial charge in [0, 0.05) is 25.4 Å². The molecule has 0 atom stereocenters. The standard InChI is InChI=1S/C12H16N4O2/c1-7-4-10(8(2)18-7)12(17)14-11-9(5-13)6-16(3)15-11/h4,6H,5,13H2,1-3H3,(H,14,15,17). The number of hydrogen-bond acceptors (Lipinski definition) is 4. The molecule has 2 aromatic rings. The maximum Gasteiger partial charge on any atom is 0.260 e. The van der Waals surface area contributed by atoms with Gasteiger partial charge in [-0.3, -0.25) is 9.48 Å². The zero-order valence-electron chi connectivity index (χ0n) is 10.7. The SMILES string of the molecule is Cc1cc(C(=O)Nc2nn(C)cc2CN)c(C)o1. The molecule has 2 aromatic heterocycles. The molecule has 3 N–H and O–H groups in total. The van der Waals surface area contributed by atoms with Crippen LogP contribution in [-0.2, 0) is 13.6 Å². The fourth-order valence-electron chi connectivity index (χ4n) is 1.82. The monoisotopic (exact) mass is 248 g/mol. The minimum absolute atomic E-state index is 0.238. The molecule has 0 radical (unpaired) electrons. The Morgan fingerprint density at radius 2 is 2.28 bits per heavy atom. The van der Waals surface area contributed by atoms with E-state index in [-0.39, 0.29) is 5.91 Å². The predicted octanol–water partition coefficient (Wildman–Crippen LogP) is 1.34. The van der Waals surface area contributed by atoms with E-state index >= 15 is 0 Å². The summed E-state index contributed by atoms with van der Waals surface area (Å²) < 4.78 is 6.94. The summed E-state index contributed by atoms with van der Waals surface area (Å²) in [4.78, 5) is 12.1. The van der Waals surface area contributed by atoms with Crippen LogP contribution in [0.2, 0.25) is 0 Å². The van der Waals surface area contributed by atoms with Crippen molar-refractivity contribution in [2.24, 2.45) is 12.8 Å². The molecule has 2 rings (SSSR count). The van der Waals surface area contributed by atoms with Crippen LogP contribution in [0.5, 0.6) is 0 Å². The van der Waals surface area contributed by atoms with Crippen molar-refractivity contribution in [1.29, 1.82) is 0 Å². The maximum absolute atomic E-state index is 12.1. The van der Waals surface area contributed by atoms with Gasteiger partial charge in [0.15, 0.2) is 5.82 Å². The van der Waals surface area contributed by atoms with E-state index in [0.29, 0.717) is 29.4 Å². The summed E-state index contributed by atoms with van der Waals surface area (Å²) in [5, 5.41) is 6.90. The van der Waals surface area contributed by atoms with E-state index in [9.17, 15) is 4.79 Å². The van der Waals surface area contributed by atoms with Gasteiger partial charge in [-0.2, -0.15) is 5.10 Å². The van der Waals surface area contributed by atoms with Crippen LogP contribution in [0.3, 0.4) is 0 Å². The van der Waals surface area contributed by atoms with Gasteiger partial charge in [-0.1, -0.05) is 0 Å². The zero-order valence-corrected chi connectivity index (χ0v) is 10.7. The molecule has 96 valence electrons. The number of furan rings is 1. The number of nitrogens with one attached hydrogen (secondary N) is 1. The lowest BCUT2D eigenvalue weighted by Crippen LogP contribution is -2.14. The fraction of sp³-hybridized carbons (Fsp3) is 0.333. The van der Waals surface area contributed by atoms with Crippen LogP contribution < -0.4 is 11.1 Å². The Bertz CT molecular complexity index is 583. The molecule has 0 bridgehead atoms. The highest BCUT2D eigenvalue weighted by Gasteiger charge is 2.16. The first-order valence-electron chi connectivity index (χ1n) is 5.62. The summed E-state index contributed by atoms with van der Waals surface area (Å²) in [6, 6.07) is 1.70. The van der Waals surface area contributed by atoms with E-state index in [1.807, 2.05) is 0 Å². The first kappa shape index (κ1) is 12.4. The molecule has 18 heavy (non-hydrogen) atoms. The second-order valence-corrected chi connectivity index (χ2v) is 4.16. The van der Waals surface area contributed by atoms with Gasteiger partial charge in [0.2, 0.25) is 0 Å². The number of nitrogens with zero attached hydrogens (tertiary/aromatic N) is 2. The highest BCUT2D eigenvalue weighted by molar-refractivity contribution is 6.04. The molecule has 0 unspecified atom stereocenters. The minimum atomic E-state index is -0.238. The largest absolute Gasteiger partial charge is 0.466 e. The molecule has 0 aliphatic heterocycles. The Balaban J connectivity index is 2.23. The third-order valence-corrected chi connectivity index (χ3v) is 2.64. The van der Waals surface area contributed by atoms with Gasteiger partial charge in [0.25, 0.3) is 5.91 Å². The number of nitrogens with two attached hydrogens (primary N) is 1. The first-order valence-corrected chi connectivity index (χ1v) is 5.62. The lowest BCUT2D eigenvalue weighted by molar-refractivity contribution is 0.102. The fourth-order valence-corrected chi connectivity index (χ4v) is 1.82. The van der Waals surface area contributed by atoms with Crippen molar-refractivity contribution >= 4 is 11.7 Å². The number of rotatable bonds is 3. The summed E-state index contributed by atoms with van der Waals surface area (Å²) in [5.41, 5.74) is 6.90. The second-order valence-electron chi connectivity index (χ2n) is 4.16. The van der Waals surface area contributed by atoms with Crippen molar-refractivity contribution in [1.82, 2.24) is 9.78 Å². The van der Waals surface area contributed by atoms with Crippen LogP contribution in [0.4, 0.5) is 5.82 Å². The Hall–Kier alpha value is -2.08. The quantitative estimate of drug-likeness (QED) is 0.858. The smallest absolute Gasteiger partial charge is 0.260 e. The third kappa shape index (κ3) is 2.28. The molecule has 0 saturated heterocycles. The van der Waals surface area contributed by atoms with E-state index in [1.165, 1.54) is 0 Å². The van der Waals surface area contributed by atoms with E-state index in [2.05, 4.69) is 10.4 Å². The number of aryl methyl sites for hydroxylation is 3. The van der Waals surface area contributed by atoms with Gasteiger partial charge in [0.05, 0.1) is 5.56 Å². The van der Waals surface area contributed by atoms with Crippen LogP contribution in [0.15, 0.2) is 16.7 Å². The Kier molecular flexibility index (Phi) is 3.20. The Morgan fingerprint density at radius 3 is 2.83 bits per heavy atom. The van der Waals surface area contributed by atoms with Crippen molar-refractivity contribution in [3.63, 3.8) is 0 Å². The number of carbonyl (C=O) groups excluding carboxylic acids is 1. The van der Waals surface area contributed by atoms with Crippen molar-refractivity contribution in [3.05, 3.63) is 34.9 Å². The van der Waals surface area contributed by atoms with Crippen LogP contribution in [0.25, 0.3) is 0 Å². The van der Waals surface area contributed by atoms with Crippen LogP contribution in [0.1, 0.15) is 27.4 Å². The molecular formula is C12H16N4O2. The van der Waals surface area contributed by atoms with Crippen LogP contribution >= 0.6 is 0 Å².